The summed E-state index contributed by atoms with van der Waals surface area (Å²) >= 11 is 0. The summed E-state index contributed by atoms with van der Waals surface area (Å²) in [4.78, 5) is 52.8. The van der Waals surface area contributed by atoms with Crippen LogP contribution in [0.1, 0.15) is 50.6 Å². The van der Waals surface area contributed by atoms with E-state index in [1.165, 1.54) is 10.9 Å². The maximum absolute atomic E-state index is 12.5. The van der Waals surface area contributed by atoms with Gasteiger partial charge >= 0.3 is 6.09 Å². The van der Waals surface area contributed by atoms with Crippen molar-refractivity contribution in [3.05, 3.63) is 12.2 Å². The van der Waals surface area contributed by atoms with Crippen molar-refractivity contribution >= 4 is 34.9 Å². The number of nitrogens with zero attached hydrogens (tertiary/aromatic N) is 6. The number of imidazole rings is 1. The number of nitrogens with two attached hydrogens (primary N) is 1. The maximum atomic E-state index is 12.5. The van der Waals surface area contributed by atoms with Crippen molar-refractivity contribution < 1.29 is 34.1 Å². The van der Waals surface area contributed by atoms with Gasteiger partial charge in [0.25, 0.3) is 5.91 Å². The van der Waals surface area contributed by atoms with E-state index in [4.69, 9.17) is 15.2 Å². The lowest BCUT2D eigenvalue weighted by Crippen LogP contribution is -2.43. The SMILES string of the molecule is CN1CC(OC(=O)N2CCC(CC#Cc3nc(N)c4ncn([C@@H]5O[C@H](C(=O)NC6CC6)[C@H](O)C5O)c4n3)CC2)CC1=O. The van der Waals surface area contributed by atoms with Crippen LogP contribution in [0, 0.1) is 17.8 Å². The van der Waals surface area contributed by atoms with Crippen molar-refractivity contribution in [1.82, 2.24) is 34.6 Å². The Kier molecular flexibility index (Phi) is 7.60. The van der Waals surface area contributed by atoms with Crippen LogP contribution in [0.25, 0.3) is 11.2 Å². The zero-order chi connectivity index (χ0) is 29.5. The number of likely N-dealkylation sites (tertiary alicyclic amines) is 2. The highest BCUT2D eigenvalue weighted by Gasteiger charge is 2.48. The number of carbonyl (C=O) groups excluding carboxylic acids is 3. The van der Waals surface area contributed by atoms with Gasteiger partial charge in [-0.05, 0) is 37.5 Å². The Morgan fingerprint density at radius 1 is 1.19 bits per heavy atom. The first-order chi connectivity index (χ1) is 20.2. The molecule has 5 heterocycles. The van der Waals surface area contributed by atoms with Gasteiger partial charge in [-0.2, -0.15) is 0 Å². The van der Waals surface area contributed by atoms with Gasteiger partial charge in [-0.25, -0.2) is 19.7 Å². The van der Waals surface area contributed by atoms with Gasteiger partial charge in [0, 0.05) is 32.6 Å². The molecule has 2 aromatic rings. The number of nitrogens with one attached hydrogen (secondary N) is 1. The molecule has 2 unspecified atom stereocenters. The molecule has 3 aliphatic heterocycles. The smallest absolute Gasteiger partial charge is 0.410 e. The van der Waals surface area contributed by atoms with Gasteiger partial charge in [0.05, 0.1) is 19.3 Å². The molecule has 0 spiro atoms. The Hall–Kier alpha value is -4.00. The molecule has 15 heteroatoms. The van der Waals surface area contributed by atoms with E-state index in [0.29, 0.717) is 26.1 Å². The number of fused-ring (bicyclic) bond motifs is 1. The topological polar surface area (TPSA) is 198 Å². The van der Waals surface area contributed by atoms with Crippen LogP contribution < -0.4 is 11.1 Å². The molecule has 4 aliphatic rings. The monoisotopic (exact) mass is 582 g/mol. The van der Waals surface area contributed by atoms with Crippen molar-refractivity contribution in [2.24, 2.45) is 5.92 Å². The first-order valence-corrected chi connectivity index (χ1v) is 14.2. The Bertz CT molecular complexity index is 1440. The second-order valence-electron chi connectivity index (χ2n) is 11.4. The van der Waals surface area contributed by atoms with Crippen LogP contribution in [0.2, 0.25) is 0 Å². The summed E-state index contributed by atoms with van der Waals surface area (Å²) in [5, 5.41) is 23.9. The molecule has 0 radical (unpaired) electrons. The highest BCUT2D eigenvalue weighted by molar-refractivity contribution is 5.83. The Labute approximate surface area is 241 Å². The largest absolute Gasteiger partial charge is 0.444 e. The number of nitrogen functional groups attached to an aromatic ring is 1. The van der Waals surface area contributed by atoms with E-state index in [1.54, 1.807) is 16.8 Å². The number of anilines is 1. The van der Waals surface area contributed by atoms with Crippen LogP contribution in [0.3, 0.4) is 0 Å². The van der Waals surface area contributed by atoms with Crippen LogP contribution >= 0.6 is 0 Å². The number of carbonyl (C=O) groups is 3. The molecule has 5 atom stereocenters. The number of aliphatic hydroxyl groups is 2. The molecule has 5 N–H and O–H groups in total. The van der Waals surface area contributed by atoms with Crippen LogP contribution in [-0.4, -0.2) is 115 Å². The average Bonchev–Trinajstić information content (AvgIpc) is 3.47. The Balaban J connectivity index is 1.07. The predicted molar refractivity (Wildman–Crippen MR) is 145 cm³/mol. The number of aromatic nitrogens is 4. The minimum Gasteiger partial charge on any atom is -0.444 e. The van der Waals surface area contributed by atoms with E-state index in [0.717, 1.165) is 25.7 Å². The molecule has 2 aromatic heterocycles. The van der Waals surface area contributed by atoms with E-state index in [1.807, 2.05) is 0 Å². The van der Waals surface area contributed by atoms with Crippen LogP contribution in [0.15, 0.2) is 6.33 Å². The fourth-order valence-corrected chi connectivity index (χ4v) is 5.51. The van der Waals surface area contributed by atoms with E-state index >= 15 is 0 Å². The third-order valence-corrected chi connectivity index (χ3v) is 8.18. The summed E-state index contributed by atoms with van der Waals surface area (Å²) in [5.74, 6) is 6.09. The molecular formula is C27H34N8O7. The van der Waals surface area contributed by atoms with Crippen LogP contribution in [0.5, 0.6) is 0 Å². The van der Waals surface area contributed by atoms with Crippen molar-refractivity contribution in [3.63, 3.8) is 0 Å². The van der Waals surface area contributed by atoms with Gasteiger partial charge in [0.2, 0.25) is 11.7 Å². The first kappa shape index (κ1) is 28.1. The fourth-order valence-electron chi connectivity index (χ4n) is 5.51. The Morgan fingerprint density at radius 2 is 1.95 bits per heavy atom. The molecule has 15 nitrogen and oxygen atoms in total. The molecule has 42 heavy (non-hydrogen) atoms. The molecule has 6 rings (SSSR count). The molecule has 0 aromatic carbocycles. The van der Waals surface area contributed by atoms with Gasteiger partial charge in [-0.15, -0.1) is 0 Å². The molecule has 0 bridgehead atoms. The standard InChI is InChI=1S/C27H34N8O7/c1-33-12-16(11-18(33)36)41-27(40)34-9-7-14(8-10-34)3-2-4-17-31-23(28)19-24(32-17)35(13-29-19)26-21(38)20(37)22(42-26)25(39)30-15-5-6-15/h13-16,20-22,26,37-38H,3,5-12H2,1H3,(H,30,39)(H2,28,31,32)/t16?,20-,21?,22+,26-/m1/s1. The normalized spacial score (nSPS) is 28.2. The minimum absolute atomic E-state index is 0.0236. The highest BCUT2D eigenvalue weighted by Crippen LogP contribution is 2.33. The van der Waals surface area contributed by atoms with Gasteiger partial charge in [-0.1, -0.05) is 5.92 Å². The summed E-state index contributed by atoms with van der Waals surface area (Å²) in [6.45, 7) is 1.51. The van der Waals surface area contributed by atoms with Crippen molar-refractivity contribution in [2.45, 2.75) is 75.2 Å². The highest BCUT2D eigenvalue weighted by atomic mass is 16.6. The number of ether oxygens (including phenoxy) is 2. The number of rotatable bonds is 5. The number of hydrogen-bond donors (Lipinski definition) is 4. The van der Waals surface area contributed by atoms with E-state index in [9.17, 15) is 24.6 Å². The second-order valence-corrected chi connectivity index (χ2v) is 11.4. The predicted octanol–water partition coefficient (Wildman–Crippen LogP) is -0.873. The summed E-state index contributed by atoms with van der Waals surface area (Å²) in [6.07, 6.45) is -0.510. The third kappa shape index (κ3) is 5.69. The molecule has 1 saturated carbocycles. The van der Waals surface area contributed by atoms with E-state index in [-0.39, 0.29) is 53.2 Å². The lowest BCUT2D eigenvalue weighted by Gasteiger charge is -2.31. The lowest BCUT2D eigenvalue weighted by atomic mass is 9.94. The number of aliphatic hydroxyl groups excluding tert-OH is 2. The summed E-state index contributed by atoms with van der Waals surface area (Å²) in [5.41, 5.74) is 6.66. The number of hydrogen-bond acceptors (Lipinski definition) is 11. The van der Waals surface area contributed by atoms with Gasteiger partial charge < -0.3 is 40.5 Å². The lowest BCUT2D eigenvalue weighted by molar-refractivity contribution is -0.137. The maximum Gasteiger partial charge on any atom is 0.410 e. The number of piperidine rings is 1. The molecule has 224 valence electrons. The quantitative estimate of drug-likeness (QED) is 0.320. The molecule has 4 fully saturated rings. The van der Waals surface area contributed by atoms with Gasteiger partial charge in [0.1, 0.15) is 23.8 Å². The second kappa shape index (κ2) is 11.3. The number of amides is 3. The summed E-state index contributed by atoms with van der Waals surface area (Å²) in [7, 11) is 1.70. The van der Waals surface area contributed by atoms with E-state index in [2.05, 4.69) is 32.1 Å². The fraction of sp³-hybridized carbons (Fsp3) is 0.630. The average molecular weight is 583 g/mol. The summed E-state index contributed by atoms with van der Waals surface area (Å²) in [6, 6.07) is 0.0773. The first-order valence-electron chi connectivity index (χ1n) is 14.2. The van der Waals surface area contributed by atoms with Crippen molar-refractivity contribution in [2.75, 3.05) is 32.4 Å². The number of likely N-dealkylation sites (N-methyl/N-ethyl adjacent to an activating group) is 1. The van der Waals surface area contributed by atoms with Gasteiger partial charge in [-0.3, -0.25) is 14.2 Å². The molecular weight excluding hydrogens is 548 g/mol. The Morgan fingerprint density at radius 3 is 2.64 bits per heavy atom. The van der Waals surface area contributed by atoms with Crippen molar-refractivity contribution in [3.8, 4) is 11.8 Å². The molecule has 1 aliphatic carbocycles. The molecule has 3 amide bonds. The van der Waals surface area contributed by atoms with Crippen LogP contribution in [0.4, 0.5) is 10.6 Å². The zero-order valence-corrected chi connectivity index (χ0v) is 23.2. The van der Waals surface area contributed by atoms with E-state index < -0.39 is 36.6 Å². The van der Waals surface area contributed by atoms with Crippen LogP contribution in [-0.2, 0) is 19.1 Å². The summed E-state index contributed by atoms with van der Waals surface area (Å²) < 4.78 is 12.7. The van der Waals surface area contributed by atoms with Crippen molar-refractivity contribution in [1.29, 1.82) is 0 Å². The molecule has 3 saturated heterocycles. The third-order valence-electron chi connectivity index (χ3n) is 8.18. The van der Waals surface area contributed by atoms with Gasteiger partial charge in [0.15, 0.2) is 23.8 Å². The minimum atomic E-state index is -1.42. The zero-order valence-electron chi connectivity index (χ0n) is 23.2.